The SMILES string of the molecule is C=CCc1cccc(C(=O)O)c1[C@H]1[C@@H](OC)O[C@H](COCc2ccccc2)[C@@H]1OCc1ccccc1. The molecule has 1 N–H and O–H groups in total. The van der Waals surface area contributed by atoms with E-state index in [1.807, 2.05) is 66.7 Å². The van der Waals surface area contributed by atoms with Gasteiger partial charge in [-0.25, -0.2) is 4.79 Å². The summed E-state index contributed by atoms with van der Waals surface area (Å²) in [5.41, 5.74) is 3.80. The number of carboxylic acid groups (broad SMARTS) is 1. The maximum atomic E-state index is 12.3. The van der Waals surface area contributed by atoms with Gasteiger partial charge in [-0.05, 0) is 34.7 Å². The first-order chi connectivity index (χ1) is 17.6. The van der Waals surface area contributed by atoms with Crippen LogP contribution >= 0.6 is 0 Å². The van der Waals surface area contributed by atoms with Crippen LogP contribution in [0.5, 0.6) is 0 Å². The van der Waals surface area contributed by atoms with E-state index in [1.165, 1.54) is 0 Å². The zero-order valence-electron chi connectivity index (χ0n) is 20.4. The van der Waals surface area contributed by atoms with E-state index in [1.54, 1.807) is 25.3 Å². The molecule has 4 rings (SSSR count). The molecule has 1 heterocycles. The summed E-state index contributed by atoms with van der Waals surface area (Å²) in [6.45, 7) is 4.91. The molecule has 0 saturated carbocycles. The summed E-state index contributed by atoms with van der Waals surface area (Å²) in [4.78, 5) is 12.3. The second kappa shape index (κ2) is 12.6. The molecule has 36 heavy (non-hydrogen) atoms. The highest BCUT2D eigenvalue weighted by atomic mass is 16.7. The Labute approximate surface area is 212 Å². The molecule has 1 fully saturated rings. The Balaban J connectivity index is 1.66. The summed E-state index contributed by atoms with van der Waals surface area (Å²) in [7, 11) is 1.57. The maximum Gasteiger partial charge on any atom is 0.335 e. The lowest BCUT2D eigenvalue weighted by Gasteiger charge is -2.27. The molecule has 0 aliphatic carbocycles. The van der Waals surface area contributed by atoms with Gasteiger partial charge in [0.15, 0.2) is 6.29 Å². The molecule has 1 aliphatic rings. The van der Waals surface area contributed by atoms with E-state index >= 15 is 0 Å². The highest BCUT2D eigenvalue weighted by molar-refractivity contribution is 5.90. The Morgan fingerprint density at radius 2 is 1.64 bits per heavy atom. The third-order valence-electron chi connectivity index (χ3n) is 6.36. The maximum absolute atomic E-state index is 12.3. The van der Waals surface area contributed by atoms with Crippen LogP contribution in [0.4, 0.5) is 0 Å². The fourth-order valence-corrected chi connectivity index (χ4v) is 4.73. The van der Waals surface area contributed by atoms with E-state index in [4.69, 9.17) is 18.9 Å². The van der Waals surface area contributed by atoms with Gasteiger partial charge in [0.25, 0.3) is 0 Å². The molecule has 0 aromatic heterocycles. The van der Waals surface area contributed by atoms with Crippen molar-refractivity contribution in [2.45, 2.75) is 44.1 Å². The van der Waals surface area contributed by atoms with Gasteiger partial charge in [-0.15, -0.1) is 6.58 Å². The second-order valence-electron chi connectivity index (χ2n) is 8.74. The molecule has 3 aromatic rings. The van der Waals surface area contributed by atoms with Crippen LogP contribution in [-0.2, 0) is 38.6 Å². The van der Waals surface area contributed by atoms with Crippen molar-refractivity contribution in [3.8, 4) is 0 Å². The molecule has 4 atom stereocenters. The zero-order valence-corrected chi connectivity index (χ0v) is 20.4. The molecule has 188 valence electrons. The van der Waals surface area contributed by atoms with Crippen LogP contribution in [0.15, 0.2) is 91.5 Å². The molecular weight excluding hydrogens is 456 g/mol. The Bertz CT molecular complexity index is 1130. The van der Waals surface area contributed by atoms with Gasteiger partial charge in [0.2, 0.25) is 0 Å². The highest BCUT2D eigenvalue weighted by Gasteiger charge is 2.48. The van der Waals surface area contributed by atoms with E-state index in [-0.39, 0.29) is 12.2 Å². The topological polar surface area (TPSA) is 74.2 Å². The number of allylic oxidation sites excluding steroid dienone is 1. The fraction of sp³-hybridized carbons (Fsp3) is 0.300. The average Bonchev–Trinajstić information content (AvgIpc) is 3.25. The number of hydrogen-bond donors (Lipinski definition) is 1. The number of benzene rings is 3. The lowest BCUT2D eigenvalue weighted by Crippen LogP contribution is -2.34. The standard InChI is InChI=1S/C30H32O6/c1-3-11-23-16-10-17-24(29(31)32)26(23)27-28(35-19-22-14-8-5-9-15-22)25(36-30(27)33-2)20-34-18-21-12-6-4-7-13-21/h3-10,12-17,25,27-28,30H,1,11,18-20H2,2H3,(H,31,32)/t25-,27-,28+,30+/m1/s1. The van der Waals surface area contributed by atoms with Gasteiger partial charge in [0.05, 0.1) is 37.4 Å². The normalized spacial score (nSPS) is 21.4. The summed E-state index contributed by atoms with van der Waals surface area (Å²) in [6.07, 6.45) is 0.646. The Morgan fingerprint density at radius 3 is 2.25 bits per heavy atom. The molecular formula is C30H32O6. The van der Waals surface area contributed by atoms with Crippen LogP contribution in [0.25, 0.3) is 0 Å². The van der Waals surface area contributed by atoms with Gasteiger partial charge in [-0.1, -0.05) is 78.9 Å². The first kappa shape index (κ1) is 25.8. The number of methoxy groups -OCH3 is 1. The van der Waals surface area contributed by atoms with Crippen molar-refractivity contribution in [1.29, 1.82) is 0 Å². The first-order valence-corrected chi connectivity index (χ1v) is 12.0. The third kappa shape index (κ3) is 6.09. The number of rotatable bonds is 12. The van der Waals surface area contributed by atoms with Gasteiger partial charge in [0, 0.05) is 7.11 Å². The van der Waals surface area contributed by atoms with Gasteiger partial charge >= 0.3 is 5.97 Å². The number of carbonyl (C=O) groups is 1. The van der Waals surface area contributed by atoms with Crippen molar-refractivity contribution in [1.82, 2.24) is 0 Å². The van der Waals surface area contributed by atoms with Crippen LogP contribution < -0.4 is 0 Å². The molecule has 6 nitrogen and oxygen atoms in total. The van der Waals surface area contributed by atoms with Gasteiger partial charge in [-0.2, -0.15) is 0 Å². The second-order valence-corrected chi connectivity index (χ2v) is 8.74. The quantitative estimate of drug-likeness (QED) is 0.346. The largest absolute Gasteiger partial charge is 0.478 e. The third-order valence-corrected chi connectivity index (χ3v) is 6.36. The Morgan fingerprint density at radius 1 is 0.972 bits per heavy atom. The Hall–Kier alpha value is -3.29. The molecule has 6 heteroatoms. The molecule has 0 amide bonds. The number of ether oxygens (including phenoxy) is 4. The minimum Gasteiger partial charge on any atom is -0.478 e. The Kier molecular flexibility index (Phi) is 9.03. The van der Waals surface area contributed by atoms with Gasteiger partial charge < -0.3 is 24.1 Å². The molecule has 3 aromatic carbocycles. The van der Waals surface area contributed by atoms with E-state index < -0.39 is 30.4 Å². The molecule has 0 unspecified atom stereocenters. The minimum atomic E-state index is -1.00. The predicted octanol–water partition coefficient (Wildman–Crippen LogP) is 5.37. The summed E-state index contributed by atoms with van der Waals surface area (Å²) in [5, 5.41) is 10.0. The first-order valence-electron chi connectivity index (χ1n) is 12.0. The van der Waals surface area contributed by atoms with Crippen LogP contribution in [0.3, 0.4) is 0 Å². The summed E-state index contributed by atoms with van der Waals surface area (Å²) < 4.78 is 24.5. The molecule has 1 aliphatic heterocycles. The number of carboxylic acids is 1. The van der Waals surface area contributed by atoms with E-state index in [9.17, 15) is 9.90 Å². The molecule has 0 radical (unpaired) electrons. The van der Waals surface area contributed by atoms with Crippen molar-refractivity contribution in [2.75, 3.05) is 13.7 Å². The average molecular weight is 489 g/mol. The van der Waals surface area contributed by atoms with Crippen LogP contribution in [0.1, 0.15) is 38.5 Å². The van der Waals surface area contributed by atoms with Crippen LogP contribution in [0, 0.1) is 0 Å². The van der Waals surface area contributed by atoms with Crippen molar-refractivity contribution < 1.29 is 28.8 Å². The van der Waals surface area contributed by atoms with Crippen LogP contribution in [0.2, 0.25) is 0 Å². The van der Waals surface area contributed by atoms with Crippen molar-refractivity contribution >= 4 is 5.97 Å². The predicted molar refractivity (Wildman–Crippen MR) is 137 cm³/mol. The van der Waals surface area contributed by atoms with E-state index in [2.05, 4.69) is 6.58 Å². The van der Waals surface area contributed by atoms with Crippen molar-refractivity contribution in [2.24, 2.45) is 0 Å². The molecule has 0 bridgehead atoms. The lowest BCUT2D eigenvalue weighted by atomic mass is 9.84. The molecule has 0 spiro atoms. The summed E-state index contributed by atoms with van der Waals surface area (Å²) in [5.74, 6) is -1.47. The highest BCUT2D eigenvalue weighted by Crippen LogP contribution is 2.42. The monoisotopic (exact) mass is 488 g/mol. The number of aromatic carboxylic acids is 1. The van der Waals surface area contributed by atoms with Gasteiger partial charge in [0.1, 0.15) is 6.10 Å². The smallest absolute Gasteiger partial charge is 0.335 e. The minimum absolute atomic E-state index is 0.212. The summed E-state index contributed by atoms with van der Waals surface area (Å²) >= 11 is 0. The van der Waals surface area contributed by atoms with E-state index in [0.717, 1.165) is 16.7 Å². The summed E-state index contributed by atoms with van der Waals surface area (Å²) in [6, 6.07) is 25.1. The van der Waals surface area contributed by atoms with Crippen molar-refractivity contribution in [3.63, 3.8) is 0 Å². The van der Waals surface area contributed by atoms with Crippen LogP contribution in [-0.4, -0.2) is 43.3 Å². The lowest BCUT2D eigenvalue weighted by molar-refractivity contribution is -0.140. The zero-order chi connectivity index (χ0) is 25.3. The van der Waals surface area contributed by atoms with Gasteiger partial charge in [-0.3, -0.25) is 0 Å². The fourth-order valence-electron chi connectivity index (χ4n) is 4.73. The van der Waals surface area contributed by atoms with E-state index in [0.29, 0.717) is 25.2 Å². The molecule has 1 saturated heterocycles. The number of hydrogen-bond acceptors (Lipinski definition) is 5. The van der Waals surface area contributed by atoms with Crippen molar-refractivity contribution in [3.05, 3.63) is 119 Å².